The minimum absolute atomic E-state index is 0.290. The smallest absolute Gasteiger partial charge is 0.0366 e. The van der Waals surface area contributed by atoms with Gasteiger partial charge in [-0.3, -0.25) is 0 Å². The zero-order chi connectivity index (χ0) is 13.7. The summed E-state index contributed by atoms with van der Waals surface area (Å²) in [5, 5.41) is 0. The Hall–Kier alpha value is -1.06. The highest BCUT2D eigenvalue weighted by molar-refractivity contribution is 5.47. The Morgan fingerprint density at radius 2 is 1.84 bits per heavy atom. The molecule has 1 atom stereocenters. The first-order chi connectivity index (χ1) is 9.19. The van der Waals surface area contributed by atoms with E-state index in [1.54, 1.807) is 0 Å². The molecule has 19 heavy (non-hydrogen) atoms. The lowest BCUT2D eigenvalue weighted by molar-refractivity contribution is 0.360. The summed E-state index contributed by atoms with van der Waals surface area (Å²) in [5.74, 6) is 0. The topological polar surface area (TPSA) is 32.5 Å². The van der Waals surface area contributed by atoms with E-state index in [0.29, 0.717) is 0 Å². The molecule has 2 rings (SSSR count). The van der Waals surface area contributed by atoms with Crippen LogP contribution in [0.4, 0.5) is 5.69 Å². The van der Waals surface area contributed by atoms with E-state index in [9.17, 15) is 0 Å². The van der Waals surface area contributed by atoms with Crippen LogP contribution in [-0.4, -0.2) is 44.2 Å². The van der Waals surface area contributed by atoms with Gasteiger partial charge in [0, 0.05) is 31.4 Å². The fourth-order valence-corrected chi connectivity index (χ4v) is 2.59. The zero-order valence-corrected chi connectivity index (χ0v) is 12.3. The highest BCUT2D eigenvalue weighted by Gasteiger charge is 2.12. The third-order valence-corrected chi connectivity index (χ3v) is 4.04. The second kappa shape index (κ2) is 6.92. The molecule has 3 heteroatoms. The molecule has 0 aliphatic carbocycles. The predicted octanol–water partition coefficient (Wildman–Crippen LogP) is 2.11. The van der Waals surface area contributed by atoms with Crippen LogP contribution in [0.1, 0.15) is 25.3 Å². The van der Waals surface area contributed by atoms with E-state index < -0.39 is 0 Å². The molecule has 1 aliphatic rings. The fourth-order valence-electron chi connectivity index (χ4n) is 2.59. The van der Waals surface area contributed by atoms with E-state index >= 15 is 0 Å². The van der Waals surface area contributed by atoms with Gasteiger partial charge in [0.2, 0.25) is 0 Å². The van der Waals surface area contributed by atoms with Crippen LogP contribution >= 0.6 is 0 Å². The van der Waals surface area contributed by atoms with Gasteiger partial charge in [0.15, 0.2) is 0 Å². The number of likely N-dealkylation sites (N-methyl/N-ethyl adjacent to an activating group) is 1. The first-order valence-electron chi connectivity index (χ1n) is 7.47. The first kappa shape index (κ1) is 14.4. The van der Waals surface area contributed by atoms with Crippen LogP contribution in [0.25, 0.3) is 0 Å². The van der Waals surface area contributed by atoms with Gasteiger partial charge < -0.3 is 15.5 Å². The van der Waals surface area contributed by atoms with Crippen molar-refractivity contribution in [3.05, 3.63) is 29.8 Å². The number of rotatable bonds is 4. The van der Waals surface area contributed by atoms with Crippen LogP contribution in [-0.2, 0) is 6.42 Å². The summed E-state index contributed by atoms with van der Waals surface area (Å²) in [4.78, 5) is 4.90. The Balaban J connectivity index is 1.97. The van der Waals surface area contributed by atoms with Crippen LogP contribution in [0.15, 0.2) is 24.3 Å². The molecule has 1 fully saturated rings. The zero-order valence-electron chi connectivity index (χ0n) is 12.3. The molecule has 2 N–H and O–H groups in total. The lowest BCUT2D eigenvalue weighted by Crippen LogP contribution is -2.28. The Labute approximate surface area is 117 Å². The van der Waals surface area contributed by atoms with Gasteiger partial charge in [-0.15, -0.1) is 0 Å². The van der Waals surface area contributed by atoms with Crippen LogP contribution in [0.3, 0.4) is 0 Å². The van der Waals surface area contributed by atoms with Gasteiger partial charge in [0.1, 0.15) is 0 Å². The molecule has 0 aromatic heterocycles. The standard InChI is InChI=1S/C16H27N3/c1-3-15(17)13-14-5-7-16(8-6-14)19-10-4-9-18(2)11-12-19/h5-8,15H,3-4,9-13,17H2,1-2H3. The highest BCUT2D eigenvalue weighted by Crippen LogP contribution is 2.18. The van der Waals surface area contributed by atoms with Gasteiger partial charge in [-0.25, -0.2) is 0 Å². The Bertz CT molecular complexity index is 374. The van der Waals surface area contributed by atoms with E-state index in [1.165, 1.54) is 24.2 Å². The highest BCUT2D eigenvalue weighted by atomic mass is 15.2. The largest absolute Gasteiger partial charge is 0.370 e. The van der Waals surface area contributed by atoms with Gasteiger partial charge in [0.25, 0.3) is 0 Å². The molecular formula is C16H27N3. The fraction of sp³-hybridized carbons (Fsp3) is 0.625. The molecule has 1 saturated heterocycles. The van der Waals surface area contributed by atoms with Crippen LogP contribution in [0.5, 0.6) is 0 Å². The maximum absolute atomic E-state index is 6.01. The normalized spacial score (nSPS) is 19.2. The molecule has 1 unspecified atom stereocenters. The minimum Gasteiger partial charge on any atom is -0.370 e. The summed E-state index contributed by atoms with van der Waals surface area (Å²) in [7, 11) is 2.21. The number of nitrogens with two attached hydrogens (primary N) is 1. The maximum atomic E-state index is 6.01. The molecule has 1 aromatic carbocycles. The summed E-state index contributed by atoms with van der Waals surface area (Å²) >= 11 is 0. The molecule has 0 bridgehead atoms. The third kappa shape index (κ3) is 4.22. The lowest BCUT2D eigenvalue weighted by Gasteiger charge is -2.23. The summed E-state index contributed by atoms with van der Waals surface area (Å²) in [6.45, 7) is 6.80. The lowest BCUT2D eigenvalue weighted by atomic mass is 10.0. The minimum atomic E-state index is 0.290. The molecule has 0 radical (unpaired) electrons. The second-order valence-electron chi connectivity index (χ2n) is 5.68. The second-order valence-corrected chi connectivity index (χ2v) is 5.68. The number of hydrogen-bond donors (Lipinski definition) is 1. The maximum Gasteiger partial charge on any atom is 0.0366 e. The molecule has 0 spiro atoms. The molecule has 0 amide bonds. The number of hydrogen-bond acceptors (Lipinski definition) is 3. The van der Waals surface area contributed by atoms with Crippen molar-refractivity contribution in [1.82, 2.24) is 4.90 Å². The van der Waals surface area contributed by atoms with Crippen molar-refractivity contribution >= 4 is 5.69 Å². The molecule has 106 valence electrons. The molecule has 1 aromatic rings. The number of benzene rings is 1. The number of nitrogens with zero attached hydrogens (tertiary/aromatic N) is 2. The average molecular weight is 261 g/mol. The van der Waals surface area contributed by atoms with Crippen LogP contribution in [0, 0.1) is 0 Å². The van der Waals surface area contributed by atoms with E-state index in [2.05, 4.69) is 48.0 Å². The van der Waals surface area contributed by atoms with Gasteiger partial charge in [-0.1, -0.05) is 19.1 Å². The predicted molar refractivity (Wildman–Crippen MR) is 82.7 cm³/mol. The third-order valence-electron chi connectivity index (χ3n) is 4.04. The molecule has 1 heterocycles. The van der Waals surface area contributed by atoms with Crippen molar-refractivity contribution in [3.8, 4) is 0 Å². The molecular weight excluding hydrogens is 234 g/mol. The van der Waals surface area contributed by atoms with Crippen molar-refractivity contribution in [1.29, 1.82) is 0 Å². The van der Waals surface area contributed by atoms with Crippen molar-refractivity contribution < 1.29 is 0 Å². The van der Waals surface area contributed by atoms with Gasteiger partial charge >= 0.3 is 0 Å². The summed E-state index contributed by atoms with van der Waals surface area (Å²) in [6, 6.07) is 9.27. The Morgan fingerprint density at radius 1 is 1.11 bits per heavy atom. The van der Waals surface area contributed by atoms with Crippen molar-refractivity contribution in [2.45, 2.75) is 32.2 Å². The van der Waals surface area contributed by atoms with Crippen molar-refractivity contribution in [2.24, 2.45) is 5.73 Å². The average Bonchev–Trinajstić information content (AvgIpc) is 2.64. The van der Waals surface area contributed by atoms with Crippen LogP contribution < -0.4 is 10.6 Å². The van der Waals surface area contributed by atoms with E-state index in [4.69, 9.17) is 5.73 Å². The quantitative estimate of drug-likeness (QED) is 0.901. The summed E-state index contributed by atoms with van der Waals surface area (Å²) in [6.07, 6.45) is 3.28. The molecule has 1 aliphatic heterocycles. The van der Waals surface area contributed by atoms with Gasteiger partial charge in [-0.05, 0) is 50.6 Å². The van der Waals surface area contributed by atoms with E-state index in [0.717, 1.165) is 32.5 Å². The van der Waals surface area contributed by atoms with Gasteiger partial charge in [-0.2, -0.15) is 0 Å². The Kier molecular flexibility index (Phi) is 5.23. The molecule has 3 nitrogen and oxygen atoms in total. The van der Waals surface area contributed by atoms with Crippen LogP contribution in [0.2, 0.25) is 0 Å². The van der Waals surface area contributed by atoms with Crippen molar-refractivity contribution in [3.63, 3.8) is 0 Å². The SMILES string of the molecule is CCC(N)Cc1ccc(N2CCCN(C)CC2)cc1. The monoisotopic (exact) mass is 261 g/mol. The summed E-state index contributed by atoms with van der Waals surface area (Å²) in [5.41, 5.74) is 8.71. The van der Waals surface area contributed by atoms with E-state index in [-0.39, 0.29) is 6.04 Å². The summed E-state index contributed by atoms with van der Waals surface area (Å²) < 4.78 is 0. The van der Waals surface area contributed by atoms with Crippen molar-refractivity contribution in [2.75, 3.05) is 38.1 Å². The van der Waals surface area contributed by atoms with E-state index in [1.807, 2.05) is 0 Å². The van der Waals surface area contributed by atoms with Gasteiger partial charge in [0.05, 0.1) is 0 Å². The Morgan fingerprint density at radius 3 is 2.53 bits per heavy atom. The molecule has 0 saturated carbocycles. The first-order valence-corrected chi connectivity index (χ1v) is 7.47. The number of anilines is 1.